The van der Waals surface area contributed by atoms with Crippen LogP contribution in [0, 0.1) is 11.3 Å². The third-order valence-electron chi connectivity index (χ3n) is 4.33. The number of benzene rings is 1. The summed E-state index contributed by atoms with van der Waals surface area (Å²) in [5.41, 5.74) is 3.17. The van der Waals surface area contributed by atoms with Gasteiger partial charge in [0.1, 0.15) is 0 Å². The fraction of sp³-hybridized carbons (Fsp3) is 0.263. The molecule has 1 aromatic carbocycles. The molecule has 0 radical (unpaired) electrons. The largest absolute Gasteiger partial charge is 0.305 e. The average molecular weight is 334 g/mol. The van der Waals surface area contributed by atoms with Crippen molar-refractivity contribution in [2.24, 2.45) is 0 Å². The summed E-state index contributed by atoms with van der Waals surface area (Å²) >= 11 is 1.80. The molecule has 2 aromatic heterocycles. The zero-order valence-corrected chi connectivity index (χ0v) is 14.1. The van der Waals surface area contributed by atoms with Gasteiger partial charge in [0.15, 0.2) is 0 Å². The monoisotopic (exact) mass is 334 g/mol. The molecule has 4 nitrogen and oxygen atoms in total. The summed E-state index contributed by atoms with van der Waals surface area (Å²) in [4.78, 5) is 8.03. The van der Waals surface area contributed by atoms with E-state index in [1.54, 1.807) is 17.5 Å². The highest BCUT2D eigenvalue weighted by atomic mass is 32.1. The van der Waals surface area contributed by atoms with E-state index >= 15 is 0 Å². The molecule has 120 valence electrons. The first-order valence-electron chi connectivity index (χ1n) is 8.10. The van der Waals surface area contributed by atoms with Crippen LogP contribution in [0.5, 0.6) is 0 Å². The fourth-order valence-electron chi connectivity index (χ4n) is 2.87. The molecule has 1 fully saturated rings. The van der Waals surface area contributed by atoms with Crippen LogP contribution in [0.4, 0.5) is 0 Å². The Kier molecular flexibility index (Phi) is 4.16. The normalized spacial score (nSPS) is 14.0. The minimum Gasteiger partial charge on any atom is -0.305 e. The zero-order chi connectivity index (χ0) is 16.4. The molecule has 0 unspecified atom stereocenters. The van der Waals surface area contributed by atoms with Crippen molar-refractivity contribution in [1.29, 1.82) is 5.26 Å². The summed E-state index contributed by atoms with van der Waals surface area (Å²) in [6.07, 6.45) is 8.19. The highest BCUT2D eigenvalue weighted by Gasteiger charge is 2.29. The third kappa shape index (κ3) is 3.40. The summed E-state index contributed by atoms with van der Waals surface area (Å²) in [7, 11) is 0. The van der Waals surface area contributed by atoms with E-state index in [9.17, 15) is 0 Å². The molecule has 0 saturated heterocycles. The second-order valence-corrected chi connectivity index (χ2v) is 7.18. The molecular weight excluding hydrogens is 316 g/mol. The summed E-state index contributed by atoms with van der Waals surface area (Å²) in [5, 5.41) is 11.1. The summed E-state index contributed by atoms with van der Waals surface area (Å²) in [6.45, 7) is 1.92. The van der Waals surface area contributed by atoms with E-state index < -0.39 is 0 Å². The van der Waals surface area contributed by atoms with E-state index in [-0.39, 0.29) is 0 Å². The van der Waals surface area contributed by atoms with Gasteiger partial charge in [-0.15, -0.1) is 11.3 Å². The minimum absolute atomic E-state index is 0.694. The second kappa shape index (κ2) is 6.60. The Morgan fingerprint density at radius 3 is 2.75 bits per heavy atom. The lowest BCUT2D eigenvalue weighted by atomic mass is 10.1. The standard InChI is InChI=1S/C19H18N4S/c20-10-15-1-3-16(4-2-15)11-23(17-5-6-17)12-19-9-18(13-24-19)22-8-7-21-14-22/h1-4,7-9,13-14,17H,5-6,11-12H2. The first-order chi connectivity index (χ1) is 11.8. The van der Waals surface area contributed by atoms with E-state index in [0.717, 1.165) is 18.7 Å². The van der Waals surface area contributed by atoms with Crippen LogP contribution in [0.1, 0.15) is 28.8 Å². The molecule has 0 atom stereocenters. The molecule has 2 heterocycles. The maximum absolute atomic E-state index is 8.92. The Morgan fingerprint density at radius 2 is 2.08 bits per heavy atom. The molecule has 0 bridgehead atoms. The van der Waals surface area contributed by atoms with Crippen LogP contribution in [0.3, 0.4) is 0 Å². The molecule has 0 amide bonds. The molecule has 0 aliphatic heterocycles. The average Bonchev–Trinajstić information content (AvgIpc) is 3.11. The first kappa shape index (κ1) is 15.1. The number of hydrogen-bond donors (Lipinski definition) is 0. The predicted octanol–water partition coefficient (Wildman–Crippen LogP) is 3.97. The Balaban J connectivity index is 1.47. The van der Waals surface area contributed by atoms with Crippen molar-refractivity contribution in [3.8, 4) is 11.8 Å². The second-order valence-electron chi connectivity index (χ2n) is 6.19. The summed E-state index contributed by atoms with van der Waals surface area (Å²) < 4.78 is 2.04. The SMILES string of the molecule is N#Cc1ccc(CN(Cc2cc(-n3ccnc3)cs2)C2CC2)cc1. The van der Waals surface area contributed by atoms with Gasteiger partial charge < -0.3 is 4.57 Å². The van der Waals surface area contributed by atoms with Crippen molar-refractivity contribution >= 4 is 11.3 Å². The first-order valence-corrected chi connectivity index (χ1v) is 8.98. The van der Waals surface area contributed by atoms with E-state index in [1.165, 1.54) is 29.0 Å². The Labute approximate surface area is 145 Å². The van der Waals surface area contributed by atoms with Crippen LogP contribution in [0.15, 0.2) is 54.4 Å². The van der Waals surface area contributed by atoms with Gasteiger partial charge >= 0.3 is 0 Å². The van der Waals surface area contributed by atoms with E-state index in [1.807, 2.05) is 29.2 Å². The van der Waals surface area contributed by atoms with E-state index in [4.69, 9.17) is 5.26 Å². The van der Waals surface area contributed by atoms with Gasteiger partial charge in [0.2, 0.25) is 0 Å². The van der Waals surface area contributed by atoms with E-state index in [2.05, 4.69) is 39.5 Å². The fourth-order valence-corrected chi connectivity index (χ4v) is 3.76. The van der Waals surface area contributed by atoms with Gasteiger partial charge in [-0.2, -0.15) is 5.26 Å². The number of aromatic nitrogens is 2. The number of rotatable bonds is 6. The molecule has 1 saturated carbocycles. The van der Waals surface area contributed by atoms with Crippen LogP contribution in [0.2, 0.25) is 0 Å². The highest BCUT2D eigenvalue weighted by Crippen LogP contribution is 2.31. The van der Waals surface area contributed by atoms with Gasteiger partial charge in [-0.3, -0.25) is 4.90 Å². The Hall–Kier alpha value is -2.42. The van der Waals surface area contributed by atoms with Crippen molar-refractivity contribution in [2.75, 3.05) is 0 Å². The molecule has 0 spiro atoms. The summed E-state index contributed by atoms with van der Waals surface area (Å²) in [5.74, 6) is 0. The van der Waals surface area contributed by atoms with Crippen LogP contribution >= 0.6 is 11.3 Å². The van der Waals surface area contributed by atoms with Gasteiger partial charge in [0, 0.05) is 41.8 Å². The van der Waals surface area contributed by atoms with Crippen molar-refractivity contribution in [1.82, 2.24) is 14.5 Å². The number of nitrogens with zero attached hydrogens (tertiary/aromatic N) is 4. The topological polar surface area (TPSA) is 44.9 Å². The van der Waals surface area contributed by atoms with Crippen molar-refractivity contribution in [3.63, 3.8) is 0 Å². The quantitative estimate of drug-likeness (QED) is 0.685. The number of nitriles is 1. The number of hydrogen-bond acceptors (Lipinski definition) is 4. The maximum atomic E-state index is 8.92. The molecule has 3 aromatic rings. The Bertz CT molecular complexity index is 838. The lowest BCUT2D eigenvalue weighted by Gasteiger charge is -2.21. The Morgan fingerprint density at radius 1 is 1.25 bits per heavy atom. The maximum Gasteiger partial charge on any atom is 0.0991 e. The molecule has 5 heteroatoms. The van der Waals surface area contributed by atoms with Crippen LogP contribution in [-0.2, 0) is 13.1 Å². The summed E-state index contributed by atoms with van der Waals surface area (Å²) in [6, 6.07) is 13.1. The van der Waals surface area contributed by atoms with Gasteiger partial charge in [0.25, 0.3) is 0 Å². The molecule has 0 N–H and O–H groups in total. The van der Waals surface area contributed by atoms with Gasteiger partial charge in [-0.05, 0) is 36.6 Å². The minimum atomic E-state index is 0.694. The molecular formula is C19H18N4S. The van der Waals surface area contributed by atoms with Crippen LogP contribution in [0.25, 0.3) is 5.69 Å². The lowest BCUT2D eigenvalue weighted by molar-refractivity contribution is 0.248. The van der Waals surface area contributed by atoms with E-state index in [0.29, 0.717) is 6.04 Å². The molecule has 4 rings (SSSR count). The smallest absolute Gasteiger partial charge is 0.0991 e. The van der Waals surface area contributed by atoms with Crippen molar-refractivity contribution in [3.05, 3.63) is 70.4 Å². The molecule has 1 aliphatic rings. The van der Waals surface area contributed by atoms with Gasteiger partial charge in [0.05, 0.1) is 23.6 Å². The molecule has 24 heavy (non-hydrogen) atoms. The van der Waals surface area contributed by atoms with Crippen LogP contribution in [-0.4, -0.2) is 20.5 Å². The molecule has 1 aliphatic carbocycles. The van der Waals surface area contributed by atoms with Gasteiger partial charge in [-0.1, -0.05) is 12.1 Å². The zero-order valence-electron chi connectivity index (χ0n) is 13.3. The van der Waals surface area contributed by atoms with Crippen molar-refractivity contribution in [2.45, 2.75) is 32.0 Å². The predicted molar refractivity (Wildman–Crippen MR) is 94.9 cm³/mol. The van der Waals surface area contributed by atoms with Gasteiger partial charge in [-0.25, -0.2) is 4.98 Å². The lowest BCUT2D eigenvalue weighted by Crippen LogP contribution is -2.24. The third-order valence-corrected chi connectivity index (χ3v) is 5.24. The van der Waals surface area contributed by atoms with Crippen molar-refractivity contribution < 1.29 is 0 Å². The highest BCUT2D eigenvalue weighted by molar-refractivity contribution is 7.10. The number of thiophene rings is 1. The number of imidazole rings is 1. The van der Waals surface area contributed by atoms with Crippen LogP contribution < -0.4 is 0 Å².